The topological polar surface area (TPSA) is 93.2 Å². The molecule has 0 fully saturated rings. The normalized spacial score (nSPS) is 10.8. The number of nitrogens with one attached hydrogen (secondary N) is 2. The van der Waals surface area contributed by atoms with E-state index in [2.05, 4.69) is 20.6 Å². The second-order valence-corrected chi connectivity index (χ2v) is 6.42. The van der Waals surface area contributed by atoms with Crippen LogP contribution in [0.4, 0.5) is 11.4 Å². The second kappa shape index (κ2) is 8.45. The summed E-state index contributed by atoms with van der Waals surface area (Å²) in [7, 11) is 0. The summed E-state index contributed by atoms with van der Waals surface area (Å²) in [6.07, 6.45) is 3.17. The fourth-order valence-corrected chi connectivity index (χ4v) is 2.91. The van der Waals surface area contributed by atoms with Crippen molar-refractivity contribution in [1.29, 1.82) is 0 Å². The first-order chi connectivity index (χ1) is 14.2. The molecular weight excluding hydrogens is 368 g/mol. The molecule has 29 heavy (non-hydrogen) atoms. The first-order valence-corrected chi connectivity index (χ1v) is 9.04. The van der Waals surface area contributed by atoms with E-state index in [-0.39, 0.29) is 25.0 Å². The minimum absolute atomic E-state index is 0.240. The molecule has 144 valence electrons. The number of anilines is 2. The smallest absolute Gasteiger partial charge is 0.250 e. The zero-order valence-corrected chi connectivity index (χ0v) is 15.5. The van der Waals surface area contributed by atoms with Crippen LogP contribution in [0.3, 0.4) is 0 Å². The molecule has 0 radical (unpaired) electrons. The minimum atomic E-state index is -0.359. The molecule has 4 aromatic rings. The molecule has 7 heteroatoms. The van der Waals surface area contributed by atoms with Crippen LogP contribution in [-0.2, 0) is 14.3 Å². The number of carbonyl (C=O) groups is 2. The summed E-state index contributed by atoms with van der Waals surface area (Å²) in [5, 5.41) is 7.27. The molecule has 0 unspecified atom stereocenters. The van der Waals surface area contributed by atoms with Gasteiger partial charge in [0, 0.05) is 10.8 Å². The molecule has 2 amide bonds. The summed E-state index contributed by atoms with van der Waals surface area (Å²) in [5.41, 5.74) is 2.84. The van der Waals surface area contributed by atoms with Crippen molar-refractivity contribution in [2.24, 2.45) is 0 Å². The summed E-state index contributed by atoms with van der Waals surface area (Å²) >= 11 is 0. The van der Waals surface area contributed by atoms with Gasteiger partial charge in [-0.05, 0) is 24.3 Å². The maximum Gasteiger partial charge on any atom is 0.250 e. The maximum atomic E-state index is 12.0. The van der Waals surface area contributed by atoms with Gasteiger partial charge in [0.1, 0.15) is 13.2 Å². The number of pyridine rings is 2. The molecule has 7 nitrogen and oxygen atoms in total. The Morgan fingerprint density at radius 2 is 1.17 bits per heavy atom. The van der Waals surface area contributed by atoms with Crippen molar-refractivity contribution >= 4 is 45.0 Å². The number of ether oxygens (including phenoxy) is 1. The lowest BCUT2D eigenvalue weighted by Crippen LogP contribution is -2.24. The van der Waals surface area contributed by atoms with E-state index in [0.29, 0.717) is 11.4 Å². The third-order valence-corrected chi connectivity index (χ3v) is 4.21. The third-order valence-electron chi connectivity index (χ3n) is 4.21. The SMILES string of the molecule is O=C(COCC(=O)Nc1cnc2ccccc2c1)Nc1cnc2ccccc2c1. The van der Waals surface area contributed by atoms with Crippen LogP contribution in [0.1, 0.15) is 0 Å². The summed E-state index contributed by atoms with van der Waals surface area (Å²) in [6, 6.07) is 18.9. The van der Waals surface area contributed by atoms with Crippen molar-refractivity contribution < 1.29 is 14.3 Å². The van der Waals surface area contributed by atoms with Gasteiger partial charge in [-0.3, -0.25) is 19.6 Å². The van der Waals surface area contributed by atoms with Crippen molar-refractivity contribution in [3.8, 4) is 0 Å². The number of aromatic nitrogens is 2. The van der Waals surface area contributed by atoms with E-state index >= 15 is 0 Å². The maximum absolute atomic E-state index is 12.0. The van der Waals surface area contributed by atoms with E-state index in [1.54, 1.807) is 12.4 Å². The number of benzene rings is 2. The highest BCUT2D eigenvalue weighted by Crippen LogP contribution is 2.17. The molecule has 0 saturated heterocycles. The van der Waals surface area contributed by atoms with Crippen LogP contribution in [0.15, 0.2) is 73.1 Å². The molecule has 2 N–H and O–H groups in total. The molecule has 2 aromatic carbocycles. The number of rotatable bonds is 6. The van der Waals surface area contributed by atoms with Crippen LogP contribution in [-0.4, -0.2) is 35.0 Å². The second-order valence-electron chi connectivity index (χ2n) is 6.42. The standard InChI is InChI=1S/C22H18N4O3/c27-21(25-17-9-15-5-1-3-7-19(15)23-11-17)13-29-14-22(28)26-18-10-16-6-2-4-8-20(16)24-12-18/h1-12H,13-14H2,(H,25,27)(H,26,28). The highest BCUT2D eigenvalue weighted by molar-refractivity contribution is 5.95. The van der Waals surface area contributed by atoms with Crippen LogP contribution in [0.25, 0.3) is 21.8 Å². The first kappa shape index (κ1) is 18.5. The third kappa shape index (κ3) is 4.72. The van der Waals surface area contributed by atoms with Gasteiger partial charge in [-0.15, -0.1) is 0 Å². The summed E-state index contributed by atoms with van der Waals surface area (Å²) in [4.78, 5) is 32.6. The van der Waals surface area contributed by atoms with Gasteiger partial charge in [0.2, 0.25) is 11.8 Å². The van der Waals surface area contributed by atoms with Crippen molar-refractivity contribution in [2.45, 2.75) is 0 Å². The van der Waals surface area contributed by atoms with Crippen molar-refractivity contribution in [3.05, 3.63) is 73.1 Å². The van der Waals surface area contributed by atoms with E-state index in [9.17, 15) is 9.59 Å². The molecular formula is C22H18N4O3. The molecule has 4 rings (SSSR count). The zero-order chi connectivity index (χ0) is 20.1. The lowest BCUT2D eigenvalue weighted by molar-refractivity contribution is -0.125. The molecule has 0 aliphatic heterocycles. The van der Waals surface area contributed by atoms with Gasteiger partial charge in [-0.25, -0.2) is 0 Å². The van der Waals surface area contributed by atoms with Gasteiger partial charge in [-0.2, -0.15) is 0 Å². The Balaban J connectivity index is 1.26. The average molecular weight is 386 g/mol. The van der Waals surface area contributed by atoms with Gasteiger partial charge in [0.15, 0.2) is 0 Å². The molecule has 0 atom stereocenters. The molecule has 2 heterocycles. The van der Waals surface area contributed by atoms with E-state index in [1.165, 1.54) is 0 Å². The summed E-state index contributed by atoms with van der Waals surface area (Å²) in [5.74, 6) is -0.718. The predicted octanol–water partition coefficient (Wildman–Crippen LogP) is 3.38. The van der Waals surface area contributed by atoms with Gasteiger partial charge >= 0.3 is 0 Å². The number of amides is 2. The molecule has 0 bridgehead atoms. The molecule has 0 saturated carbocycles. The zero-order valence-electron chi connectivity index (χ0n) is 15.5. The first-order valence-electron chi connectivity index (χ1n) is 9.04. The van der Waals surface area contributed by atoms with Crippen LogP contribution in [0.2, 0.25) is 0 Å². The lowest BCUT2D eigenvalue weighted by atomic mass is 10.2. The summed E-state index contributed by atoms with van der Waals surface area (Å²) in [6.45, 7) is -0.480. The Morgan fingerprint density at radius 1 is 0.724 bits per heavy atom. The number of fused-ring (bicyclic) bond motifs is 2. The molecule has 0 spiro atoms. The van der Waals surface area contributed by atoms with Gasteiger partial charge in [0.05, 0.1) is 34.8 Å². The Bertz CT molecular complexity index is 1100. The molecule has 0 aliphatic rings. The minimum Gasteiger partial charge on any atom is -0.362 e. The number of nitrogens with zero attached hydrogens (tertiary/aromatic N) is 2. The van der Waals surface area contributed by atoms with Crippen LogP contribution < -0.4 is 10.6 Å². The quantitative estimate of drug-likeness (QED) is 0.530. The van der Waals surface area contributed by atoms with E-state index < -0.39 is 0 Å². The van der Waals surface area contributed by atoms with E-state index in [4.69, 9.17) is 4.74 Å². The van der Waals surface area contributed by atoms with Crippen LogP contribution in [0.5, 0.6) is 0 Å². The van der Waals surface area contributed by atoms with Gasteiger partial charge in [0.25, 0.3) is 0 Å². The fraction of sp³-hybridized carbons (Fsp3) is 0.0909. The Hall–Kier alpha value is -3.84. The lowest BCUT2D eigenvalue weighted by Gasteiger charge is -2.08. The van der Waals surface area contributed by atoms with E-state index in [0.717, 1.165) is 21.8 Å². The molecule has 0 aliphatic carbocycles. The predicted molar refractivity (Wildman–Crippen MR) is 112 cm³/mol. The van der Waals surface area contributed by atoms with Gasteiger partial charge in [-0.1, -0.05) is 36.4 Å². The summed E-state index contributed by atoms with van der Waals surface area (Å²) < 4.78 is 5.21. The Labute approximate surface area is 166 Å². The van der Waals surface area contributed by atoms with Crippen molar-refractivity contribution in [1.82, 2.24) is 9.97 Å². The fourth-order valence-electron chi connectivity index (χ4n) is 2.91. The average Bonchev–Trinajstić information content (AvgIpc) is 2.73. The number of hydrogen-bond donors (Lipinski definition) is 2. The van der Waals surface area contributed by atoms with E-state index in [1.807, 2.05) is 60.7 Å². The Kier molecular flexibility index (Phi) is 5.40. The highest BCUT2D eigenvalue weighted by Gasteiger charge is 2.08. The van der Waals surface area contributed by atoms with Gasteiger partial charge < -0.3 is 15.4 Å². The Morgan fingerprint density at radius 3 is 1.66 bits per heavy atom. The van der Waals surface area contributed by atoms with Crippen molar-refractivity contribution in [2.75, 3.05) is 23.8 Å². The number of hydrogen-bond acceptors (Lipinski definition) is 5. The number of carbonyl (C=O) groups excluding carboxylic acids is 2. The molecule has 2 aromatic heterocycles. The highest BCUT2D eigenvalue weighted by atomic mass is 16.5. The monoisotopic (exact) mass is 386 g/mol. The largest absolute Gasteiger partial charge is 0.362 e. The number of para-hydroxylation sites is 2. The van der Waals surface area contributed by atoms with Crippen molar-refractivity contribution in [3.63, 3.8) is 0 Å². The van der Waals surface area contributed by atoms with Crippen LogP contribution in [0, 0.1) is 0 Å². The van der Waals surface area contributed by atoms with Crippen LogP contribution >= 0.6 is 0 Å².